The lowest BCUT2D eigenvalue weighted by molar-refractivity contribution is -0.384. The van der Waals surface area contributed by atoms with E-state index in [0.29, 0.717) is 5.69 Å². The number of carbonyl (C=O) groups is 1. The predicted octanol–water partition coefficient (Wildman–Crippen LogP) is 5.58. The highest BCUT2D eigenvalue weighted by Gasteiger charge is 2.33. The minimum atomic E-state index is -0.478. The van der Waals surface area contributed by atoms with Gasteiger partial charge in [-0.15, -0.1) is 0 Å². The van der Waals surface area contributed by atoms with Gasteiger partial charge < -0.3 is 10.6 Å². The molecule has 1 aliphatic rings. The maximum atomic E-state index is 13.1. The maximum Gasteiger partial charge on any atom is 0.326 e. The summed E-state index contributed by atoms with van der Waals surface area (Å²) in [5, 5.41) is 17.4. The number of nitrogens with one attached hydrogen (secondary N) is 2. The van der Waals surface area contributed by atoms with Crippen LogP contribution in [0.2, 0.25) is 0 Å². The quantitative estimate of drug-likeness (QED) is 0.441. The molecule has 0 fully saturated rings. The molecule has 7 heteroatoms. The number of nitro groups is 1. The lowest BCUT2D eigenvalue weighted by Crippen LogP contribution is -2.46. The van der Waals surface area contributed by atoms with Gasteiger partial charge in [0.15, 0.2) is 0 Å². The topological polar surface area (TPSA) is 87.5 Å². The minimum Gasteiger partial charge on any atom is -0.378 e. The second-order valence-electron chi connectivity index (χ2n) is 7.31. The fraction of sp³-hybridized carbons (Fsp3) is 0.174. The zero-order valence-electron chi connectivity index (χ0n) is 16.5. The second kappa shape index (κ2) is 8.24. The molecular weight excluding hydrogens is 380 g/mol. The number of para-hydroxylation sites is 2. The van der Waals surface area contributed by atoms with E-state index in [2.05, 4.69) is 10.6 Å². The van der Waals surface area contributed by atoms with Gasteiger partial charge in [0, 0.05) is 29.5 Å². The van der Waals surface area contributed by atoms with Crippen LogP contribution < -0.4 is 15.5 Å². The summed E-state index contributed by atoms with van der Waals surface area (Å²) in [6.45, 7) is 2.00. The Hall–Kier alpha value is -3.87. The van der Waals surface area contributed by atoms with Crippen molar-refractivity contribution in [2.45, 2.75) is 25.4 Å². The van der Waals surface area contributed by atoms with Crippen molar-refractivity contribution in [3.05, 3.63) is 94.5 Å². The van der Waals surface area contributed by atoms with Gasteiger partial charge in [-0.2, -0.15) is 0 Å². The highest BCUT2D eigenvalue weighted by atomic mass is 16.6. The average Bonchev–Trinajstić information content (AvgIpc) is 2.74. The number of hydrogen-bond donors (Lipinski definition) is 2. The highest BCUT2D eigenvalue weighted by molar-refractivity contribution is 6.03. The third-order valence-corrected chi connectivity index (χ3v) is 5.23. The Bertz CT molecular complexity index is 1070. The van der Waals surface area contributed by atoms with Crippen LogP contribution in [0.15, 0.2) is 78.9 Å². The number of nitro benzene ring substituents is 1. The largest absolute Gasteiger partial charge is 0.378 e. The fourth-order valence-corrected chi connectivity index (χ4v) is 3.88. The van der Waals surface area contributed by atoms with Crippen LogP contribution in [0, 0.1) is 10.1 Å². The molecule has 2 amide bonds. The SMILES string of the molecule is C[C@@H]1C[C@H](Nc2ccccc2)c2ccccc2N1C(=O)Nc1cccc([N+](=O)[O-])c1. The van der Waals surface area contributed by atoms with Gasteiger partial charge in [0.2, 0.25) is 0 Å². The number of carbonyl (C=O) groups excluding carboxylic acids is 1. The lowest BCUT2D eigenvalue weighted by atomic mass is 9.91. The van der Waals surface area contributed by atoms with E-state index < -0.39 is 4.92 Å². The molecule has 2 N–H and O–H groups in total. The van der Waals surface area contributed by atoms with Gasteiger partial charge in [0.25, 0.3) is 5.69 Å². The molecule has 3 aromatic carbocycles. The summed E-state index contributed by atoms with van der Waals surface area (Å²) in [5.74, 6) is 0. The van der Waals surface area contributed by atoms with Crippen LogP contribution >= 0.6 is 0 Å². The summed E-state index contributed by atoms with van der Waals surface area (Å²) in [7, 11) is 0. The number of non-ortho nitro benzene ring substituents is 1. The van der Waals surface area contributed by atoms with Gasteiger partial charge in [0.1, 0.15) is 0 Å². The number of fused-ring (bicyclic) bond motifs is 1. The number of amides is 2. The first-order valence-electron chi connectivity index (χ1n) is 9.78. The highest BCUT2D eigenvalue weighted by Crippen LogP contribution is 2.39. The third-order valence-electron chi connectivity index (χ3n) is 5.23. The van der Waals surface area contributed by atoms with E-state index >= 15 is 0 Å². The summed E-state index contributed by atoms with van der Waals surface area (Å²) < 4.78 is 0. The van der Waals surface area contributed by atoms with Crippen LogP contribution in [0.3, 0.4) is 0 Å². The number of nitrogens with zero attached hydrogens (tertiary/aromatic N) is 2. The normalized spacial score (nSPS) is 17.7. The Morgan fingerprint density at radius 3 is 2.47 bits per heavy atom. The molecule has 0 saturated carbocycles. The van der Waals surface area contributed by atoms with Crippen LogP contribution in [-0.2, 0) is 0 Å². The van der Waals surface area contributed by atoms with Gasteiger partial charge in [-0.1, -0.05) is 42.5 Å². The van der Waals surface area contributed by atoms with E-state index in [-0.39, 0.29) is 23.8 Å². The third kappa shape index (κ3) is 3.96. The molecule has 4 rings (SSSR count). The molecule has 0 saturated heterocycles. The standard InChI is InChI=1S/C23H22N4O3/c1-16-14-21(24-17-8-3-2-4-9-17)20-12-5-6-13-22(20)26(16)23(28)25-18-10-7-11-19(15-18)27(29)30/h2-13,15-16,21,24H,14H2,1H3,(H,25,28)/t16-,21+/m1/s1. The molecule has 0 unspecified atom stereocenters. The van der Waals surface area contributed by atoms with E-state index in [9.17, 15) is 14.9 Å². The van der Waals surface area contributed by atoms with Crippen molar-refractivity contribution in [1.29, 1.82) is 0 Å². The minimum absolute atomic E-state index is 0.0629. The van der Waals surface area contributed by atoms with E-state index in [0.717, 1.165) is 23.4 Å². The molecule has 2 atom stereocenters. The zero-order chi connectivity index (χ0) is 21.1. The number of urea groups is 1. The number of rotatable bonds is 4. The average molecular weight is 402 g/mol. The van der Waals surface area contributed by atoms with Gasteiger partial charge in [-0.3, -0.25) is 15.0 Å². The summed E-state index contributed by atoms with van der Waals surface area (Å²) >= 11 is 0. The van der Waals surface area contributed by atoms with Crippen molar-refractivity contribution in [3.63, 3.8) is 0 Å². The predicted molar refractivity (Wildman–Crippen MR) is 118 cm³/mol. The first kappa shape index (κ1) is 19.4. The van der Waals surface area contributed by atoms with Crippen molar-refractivity contribution in [1.82, 2.24) is 0 Å². The molecule has 3 aromatic rings. The Kier molecular flexibility index (Phi) is 5.34. The summed E-state index contributed by atoms with van der Waals surface area (Å²) in [6, 6.07) is 23.5. The Morgan fingerprint density at radius 2 is 1.70 bits per heavy atom. The molecule has 7 nitrogen and oxygen atoms in total. The van der Waals surface area contributed by atoms with Gasteiger partial charge >= 0.3 is 6.03 Å². The molecular formula is C23H22N4O3. The molecule has 152 valence electrons. The maximum absolute atomic E-state index is 13.1. The van der Waals surface area contributed by atoms with Crippen LogP contribution in [0.1, 0.15) is 24.9 Å². The molecule has 1 aliphatic heterocycles. The molecule has 30 heavy (non-hydrogen) atoms. The van der Waals surface area contributed by atoms with E-state index in [1.165, 1.54) is 12.1 Å². The van der Waals surface area contributed by atoms with E-state index in [1.54, 1.807) is 17.0 Å². The van der Waals surface area contributed by atoms with Crippen LogP contribution in [-0.4, -0.2) is 17.0 Å². The van der Waals surface area contributed by atoms with Crippen molar-refractivity contribution < 1.29 is 9.72 Å². The number of benzene rings is 3. The zero-order valence-corrected chi connectivity index (χ0v) is 16.5. The van der Waals surface area contributed by atoms with Crippen molar-refractivity contribution >= 4 is 28.8 Å². The lowest BCUT2D eigenvalue weighted by Gasteiger charge is -2.39. The number of anilines is 3. The van der Waals surface area contributed by atoms with Crippen molar-refractivity contribution in [3.8, 4) is 0 Å². The second-order valence-corrected chi connectivity index (χ2v) is 7.31. The Balaban J connectivity index is 1.60. The van der Waals surface area contributed by atoms with Crippen LogP contribution in [0.5, 0.6) is 0 Å². The van der Waals surface area contributed by atoms with Crippen molar-refractivity contribution in [2.24, 2.45) is 0 Å². The molecule has 0 radical (unpaired) electrons. The van der Waals surface area contributed by atoms with Crippen LogP contribution in [0.25, 0.3) is 0 Å². The first-order chi connectivity index (χ1) is 14.5. The molecule has 0 aromatic heterocycles. The molecule has 0 spiro atoms. The van der Waals surface area contributed by atoms with Crippen molar-refractivity contribution in [2.75, 3.05) is 15.5 Å². The van der Waals surface area contributed by atoms with Gasteiger partial charge in [-0.05, 0) is 43.2 Å². The smallest absolute Gasteiger partial charge is 0.326 e. The van der Waals surface area contributed by atoms with Crippen LogP contribution in [0.4, 0.5) is 27.5 Å². The monoisotopic (exact) mass is 402 g/mol. The van der Waals surface area contributed by atoms with E-state index in [4.69, 9.17) is 0 Å². The van der Waals surface area contributed by atoms with Gasteiger partial charge in [0.05, 0.1) is 16.7 Å². The molecule has 0 bridgehead atoms. The first-order valence-corrected chi connectivity index (χ1v) is 9.78. The van der Waals surface area contributed by atoms with E-state index in [1.807, 2.05) is 61.5 Å². The fourth-order valence-electron chi connectivity index (χ4n) is 3.88. The Labute approximate surface area is 174 Å². The molecule has 1 heterocycles. The summed E-state index contributed by atoms with van der Waals surface area (Å²) in [6.07, 6.45) is 0.730. The molecule has 0 aliphatic carbocycles. The summed E-state index contributed by atoms with van der Waals surface area (Å²) in [4.78, 5) is 25.4. The van der Waals surface area contributed by atoms with Gasteiger partial charge in [-0.25, -0.2) is 4.79 Å². The Morgan fingerprint density at radius 1 is 1.00 bits per heavy atom. The number of hydrogen-bond acceptors (Lipinski definition) is 4. The summed E-state index contributed by atoms with van der Waals surface area (Å²) in [5.41, 5.74) is 3.22.